The van der Waals surface area contributed by atoms with Crippen molar-refractivity contribution >= 4 is 0 Å². The SMILES string of the molecule is NC[C@@H](F)C[C@@H]1CCCOC1. The molecular weight excluding hydrogens is 145 g/mol. The van der Waals surface area contributed by atoms with Gasteiger partial charge in [-0.05, 0) is 25.2 Å². The number of nitrogens with two attached hydrogens (primary N) is 1. The average molecular weight is 161 g/mol. The zero-order chi connectivity index (χ0) is 8.10. The summed E-state index contributed by atoms with van der Waals surface area (Å²) in [5.41, 5.74) is 5.17. The quantitative estimate of drug-likeness (QED) is 0.672. The second-order valence-electron chi connectivity index (χ2n) is 3.15. The second kappa shape index (κ2) is 4.67. The number of ether oxygens (including phenoxy) is 1. The second-order valence-corrected chi connectivity index (χ2v) is 3.15. The topological polar surface area (TPSA) is 35.2 Å². The molecular formula is C8H16FNO. The van der Waals surface area contributed by atoms with Crippen molar-refractivity contribution in [2.75, 3.05) is 19.8 Å². The van der Waals surface area contributed by atoms with Gasteiger partial charge in [0, 0.05) is 19.8 Å². The molecule has 0 radical (unpaired) electrons. The molecule has 1 aliphatic rings. The molecule has 2 N–H and O–H groups in total. The van der Waals surface area contributed by atoms with E-state index in [1.165, 1.54) is 0 Å². The molecule has 1 aliphatic heterocycles. The predicted octanol–water partition coefficient (Wildman–Crippen LogP) is 1.10. The van der Waals surface area contributed by atoms with Gasteiger partial charge in [0.15, 0.2) is 0 Å². The number of alkyl halides is 1. The maximum atomic E-state index is 12.7. The summed E-state index contributed by atoms with van der Waals surface area (Å²) >= 11 is 0. The first-order chi connectivity index (χ1) is 5.33. The molecule has 0 spiro atoms. The minimum Gasteiger partial charge on any atom is -0.381 e. The fourth-order valence-electron chi connectivity index (χ4n) is 1.45. The van der Waals surface area contributed by atoms with E-state index in [1.807, 2.05) is 0 Å². The van der Waals surface area contributed by atoms with Crippen molar-refractivity contribution in [2.24, 2.45) is 11.7 Å². The van der Waals surface area contributed by atoms with E-state index < -0.39 is 6.17 Å². The van der Waals surface area contributed by atoms with Crippen molar-refractivity contribution in [1.29, 1.82) is 0 Å². The first kappa shape index (κ1) is 8.94. The van der Waals surface area contributed by atoms with Crippen LogP contribution in [0, 0.1) is 5.92 Å². The standard InChI is InChI=1S/C8H16FNO/c9-8(5-10)4-7-2-1-3-11-6-7/h7-8H,1-6,10H2/t7-,8-/m0/s1. The molecule has 0 aromatic carbocycles. The first-order valence-corrected chi connectivity index (χ1v) is 4.25. The molecule has 11 heavy (non-hydrogen) atoms. The van der Waals surface area contributed by atoms with Crippen molar-refractivity contribution in [1.82, 2.24) is 0 Å². The van der Waals surface area contributed by atoms with Crippen LogP contribution in [0.5, 0.6) is 0 Å². The highest BCUT2D eigenvalue weighted by Crippen LogP contribution is 2.19. The van der Waals surface area contributed by atoms with Gasteiger partial charge in [0.25, 0.3) is 0 Å². The monoisotopic (exact) mass is 161 g/mol. The van der Waals surface area contributed by atoms with Crippen molar-refractivity contribution in [3.63, 3.8) is 0 Å². The Kier molecular flexibility index (Phi) is 3.80. The molecule has 2 atom stereocenters. The zero-order valence-electron chi connectivity index (χ0n) is 6.76. The van der Waals surface area contributed by atoms with Gasteiger partial charge in [-0.2, -0.15) is 0 Å². The highest BCUT2D eigenvalue weighted by Gasteiger charge is 2.17. The molecule has 1 heterocycles. The summed E-state index contributed by atoms with van der Waals surface area (Å²) in [6, 6.07) is 0. The van der Waals surface area contributed by atoms with Gasteiger partial charge in [-0.25, -0.2) is 4.39 Å². The van der Waals surface area contributed by atoms with Crippen LogP contribution in [0.3, 0.4) is 0 Å². The van der Waals surface area contributed by atoms with Crippen LogP contribution in [0.25, 0.3) is 0 Å². The lowest BCUT2D eigenvalue weighted by Gasteiger charge is -2.22. The third kappa shape index (κ3) is 3.16. The maximum absolute atomic E-state index is 12.7. The largest absolute Gasteiger partial charge is 0.381 e. The summed E-state index contributed by atoms with van der Waals surface area (Å²) < 4.78 is 18.0. The van der Waals surface area contributed by atoms with Gasteiger partial charge in [0.2, 0.25) is 0 Å². The maximum Gasteiger partial charge on any atom is 0.113 e. The van der Waals surface area contributed by atoms with E-state index in [4.69, 9.17) is 10.5 Å². The molecule has 1 rings (SSSR count). The van der Waals surface area contributed by atoms with Crippen LogP contribution in [0.2, 0.25) is 0 Å². The van der Waals surface area contributed by atoms with Crippen LogP contribution in [-0.4, -0.2) is 25.9 Å². The van der Waals surface area contributed by atoms with Crippen LogP contribution in [0.1, 0.15) is 19.3 Å². The van der Waals surface area contributed by atoms with E-state index >= 15 is 0 Å². The summed E-state index contributed by atoms with van der Waals surface area (Å²) in [4.78, 5) is 0. The smallest absolute Gasteiger partial charge is 0.113 e. The number of hydrogen-bond acceptors (Lipinski definition) is 2. The fraction of sp³-hybridized carbons (Fsp3) is 1.00. The molecule has 0 unspecified atom stereocenters. The van der Waals surface area contributed by atoms with E-state index in [2.05, 4.69) is 0 Å². The minimum absolute atomic E-state index is 0.149. The van der Waals surface area contributed by atoms with E-state index in [0.29, 0.717) is 12.3 Å². The Hall–Kier alpha value is -0.150. The van der Waals surface area contributed by atoms with Crippen molar-refractivity contribution in [3.8, 4) is 0 Å². The molecule has 3 heteroatoms. The van der Waals surface area contributed by atoms with E-state index in [-0.39, 0.29) is 6.54 Å². The van der Waals surface area contributed by atoms with Gasteiger partial charge < -0.3 is 10.5 Å². The van der Waals surface area contributed by atoms with E-state index in [9.17, 15) is 4.39 Å². The molecule has 0 aliphatic carbocycles. The molecule has 0 amide bonds. The van der Waals surface area contributed by atoms with Crippen LogP contribution in [0.15, 0.2) is 0 Å². The molecule has 0 aromatic rings. The normalized spacial score (nSPS) is 28.4. The Labute approximate surface area is 66.9 Å². The highest BCUT2D eigenvalue weighted by atomic mass is 19.1. The van der Waals surface area contributed by atoms with Crippen molar-refractivity contribution in [3.05, 3.63) is 0 Å². The lowest BCUT2D eigenvalue weighted by Crippen LogP contribution is -2.24. The summed E-state index contributed by atoms with van der Waals surface area (Å²) in [6.07, 6.45) is 1.92. The zero-order valence-corrected chi connectivity index (χ0v) is 6.76. The van der Waals surface area contributed by atoms with Crippen molar-refractivity contribution < 1.29 is 9.13 Å². The van der Waals surface area contributed by atoms with Gasteiger partial charge in [-0.3, -0.25) is 0 Å². The Bertz CT molecular complexity index is 104. The molecule has 1 saturated heterocycles. The molecule has 0 aromatic heterocycles. The van der Waals surface area contributed by atoms with Gasteiger partial charge >= 0.3 is 0 Å². The summed E-state index contributed by atoms with van der Waals surface area (Å²) in [6.45, 7) is 1.72. The highest BCUT2D eigenvalue weighted by molar-refractivity contribution is 4.68. The first-order valence-electron chi connectivity index (χ1n) is 4.25. The molecule has 66 valence electrons. The van der Waals surface area contributed by atoms with Crippen LogP contribution in [-0.2, 0) is 4.74 Å². The van der Waals surface area contributed by atoms with Crippen LogP contribution in [0.4, 0.5) is 4.39 Å². The van der Waals surface area contributed by atoms with E-state index in [0.717, 1.165) is 26.1 Å². The third-order valence-electron chi connectivity index (χ3n) is 2.10. The van der Waals surface area contributed by atoms with Crippen molar-refractivity contribution in [2.45, 2.75) is 25.4 Å². The van der Waals surface area contributed by atoms with E-state index in [1.54, 1.807) is 0 Å². The number of rotatable bonds is 3. The summed E-state index contributed by atoms with van der Waals surface area (Å²) in [7, 11) is 0. The van der Waals surface area contributed by atoms with Gasteiger partial charge in [0.1, 0.15) is 6.17 Å². The van der Waals surface area contributed by atoms with Crippen LogP contribution >= 0.6 is 0 Å². The predicted molar refractivity (Wildman–Crippen MR) is 42.1 cm³/mol. The Balaban J connectivity index is 2.13. The Morgan fingerprint density at radius 1 is 1.64 bits per heavy atom. The Morgan fingerprint density at radius 3 is 3.00 bits per heavy atom. The summed E-state index contributed by atoms with van der Waals surface area (Å²) in [5.74, 6) is 0.405. The summed E-state index contributed by atoms with van der Waals surface area (Å²) in [5, 5.41) is 0. The lowest BCUT2D eigenvalue weighted by molar-refractivity contribution is 0.0423. The van der Waals surface area contributed by atoms with Gasteiger partial charge in [-0.1, -0.05) is 0 Å². The third-order valence-corrected chi connectivity index (χ3v) is 2.10. The van der Waals surface area contributed by atoms with Gasteiger partial charge in [-0.15, -0.1) is 0 Å². The molecule has 0 saturated carbocycles. The minimum atomic E-state index is -0.832. The fourth-order valence-corrected chi connectivity index (χ4v) is 1.45. The molecule has 0 bridgehead atoms. The van der Waals surface area contributed by atoms with Crippen LogP contribution < -0.4 is 5.73 Å². The number of hydrogen-bond donors (Lipinski definition) is 1. The molecule has 1 fully saturated rings. The number of halogens is 1. The average Bonchev–Trinajstić information content (AvgIpc) is 2.06. The van der Waals surface area contributed by atoms with Gasteiger partial charge in [0.05, 0.1) is 0 Å². The Morgan fingerprint density at radius 2 is 2.45 bits per heavy atom. The lowest BCUT2D eigenvalue weighted by atomic mass is 9.96. The molecule has 2 nitrogen and oxygen atoms in total.